The van der Waals surface area contributed by atoms with E-state index < -0.39 is 0 Å². The number of aryl methyl sites for hydroxylation is 1. The van der Waals surface area contributed by atoms with Gasteiger partial charge in [0, 0.05) is 12.4 Å². The van der Waals surface area contributed by atoms with Crippen molar-refractivity contribution in [3.05, 3.63) is 36.0 Å². The van der Waals surface area contributed by atoms with Crippen molar-refractivity contribution < 1.29 is 4.79 Å². The van der Waals surface area contributed by atoms with Crippen LogP contribution in [0.4, 0.5) is 5.13 Å². The highest BCUT2D eigenvalue weighted by Crippen LogP contribution is 2.25. The molecule has 0 aliphatic rings. The Kier molecular flexibility index (Phi) is 4.63. The first kappa shape index (κ1) is 15.6. The van der Waals surface area contributed by atoms with Crippen molar-refractivity contribution in [3.8, 4) is 5.82 Å². The van der Waals surface area contributed by atoms with Gasteiger partial charge in [0.1, 0.15) is 5.82 Å². The molecule has 0 saturated heterocycles. The number of imidazole rings is 1. The normalized spacial score (nSPS) is 10.7. The molecule has 0 aliphatic heterocycles. The smallest absolute Gasteiger partial charge is 0.278 e. The first-order valence-corrected chi connectivity index (χ1v) is 8.59. The van der Waals surface area contributed by atoms with Crippen LogP contribution in [-0.4, -0.2) is 41.6 Å². The molecule has 0 spiro atoms. The highest BCUT2D eigenvalue weighted by Gasteiger charge is 2.13. The fourth-order valence-electron chi connectivity index (χ4n) is 1.80. The van der Waals surface area contributed by atoms with E-state index in [2.05, 4.69) is 30.7 Å². The second kappa shape index (κ2) is 6.84. The number of nitrogens with one attached hydrogen (secondary N) is 1. The van der Waals surface area contributed by atoms with Gasteiger partial charge < -0.3 is 0 Å². The van der Waals surface area contributed by atoms with Crippen molar-refractivity contribution in [1.82, 2.24) is 29.9 Å². The van der Waals surface area contributed by atoms with Gasteiger partial charge in [-0.05, 0) is 24.8 Å². The van der Waals surface area contributed by atoms with Crippen molar-refractivity contribution in [2.75, 3.05) is 11.1 Å². The molecular formula is C13H13N7OS2. The van der Waals surface area contributed by atoms with E-state index in [4.69, 9.17) is 0 Å². The van der Waals surface area contributed by atoms with E-state index in [9.17, 15) is 4.79 Å². The number of thioether (sulfide) groups is 1. The maximum atomic E-state index is 12.1. The van der Waals surface area contributed by atoms with E-state index in [1.54, 1.807) is 40.9 Å². The van der Waals surface area contributed by atoms with Gasteiger partial charge >= 0.3 is 0 Å². The fourth-order valence-corrected chi connectivity index (χ4v) is 3.44. The molecule has 0 atom stereocenters. The number of aromatic nitrogens is 6. The van der Waals surface area contributed by atoms with Gasteiger partial charge in [-0.3, -0.25) is 14.7 Å². The Morgan fingerprint density at radius 2 is 2.17 bits per heavy atom. The molecule has 10 heteroatoms. The second-order valence-corrected chi connectivity index (χ2v) is 6.87. The van der Waals surface area contributed by atoms with Gasteiger partial charge in [0.05, 0.1) is 0 Å². The first-order valence-electron chi connectivity index (χ1n) is 6.79. The lowest BCUT2D eigenvalue weighted by Gasteiger charge is -2.04. The Morgan fingerprint density at radius 3 is 2.83 bits per heavy atom. The molecule has 0 bridgehead atoms. The van der Waals surface area contributed by atoms with Gasteiger partial charge in [0.2, 0.25) is 5.13 Å². The second-order valence-electron chi connectivity index (χ2n) is 4.38. The highest BCUT2D eigenvalue weighted by atomic mass is 32.2. The van der Waals surface area contributed by atoms with Crippen molar-refractivity contribution in [1.29, 1.82) is 0 Å². The predicted octanol–water partition coefficient (Wildman–Crippen LogP) is 2.19. The lowest BCUT2D eigenvalue weighted by Crippen LogP contribution is -2.15. The van der Waals surface area contributed by atoms with Crippen LogP contribution in [0.1, 0.15) is 23.2 Å². The number of carbonyl (C=O) groups is 1. The molecule has 0 fully saturated rings. The monoisotopic (exact) mass is 347 g/mol. The molecular weight excluding hydrogens is 334 g/mol. The van der Waals surface area contributed by atoms with E-state index >= 15 is 0 Å². The Labute approximate surface area is 140 Å². The molecule has 8 nitrogen and oxygen atoms in total. The standard InChI is InChI=1S/C13H13N7OS2/c1-3-22-13-19-18-12(23-13)15-11(21)9-4-5-10(17-16-9)20-7-6-14-8(20)2/h4-7H,3H2,1-2H3,(H,15,18,21). The number of hydrogen-bond acceptors (Lipinski definition) is 8. The Morgan fingerprint density at radius 1 is 1.30 bits per heavy atom. The number of anilines is 1. The van der Waals surface area contributed by atoms with E-state index in [1.807, 2.05) is 13.8 Å². The number of nitrogens with zero attached hydrogens (tertiary/aromatic N) is 6. The predicted molar refractivity (Wildman–Crippen MR) is 88.2 cm³/mol. The molecule has 0 aromatic carbocycles. The molecule has 118 valence electrons. The summed E-state index contributed by atoms with van der Waals surface area (Å²) >= 11 is 2.91. The lowest BCUT2D eigenvalue weighted by atomic mass is 10.3. The molecule has 3 heterocycles. The van der Waals surface area contributed by atoms with Crippen LogP contribution in [0.2, 0.25) is 0 Å². The fraction of sp³-hybridized carbons (Fsp3) is 0.231. The van der Waals surface area contributed by atoms with Crippen LogP contribution in [0, 0.1) is 6.92 Å². The average molecular weight is 347 g/mol. The summed E-state index contributed by atoms with van der Waals surface area (Å²) in [6.45, 7) is 3.90. The van der Waals surface area contributed by atoms with Crippen LogP contribution < -0.4 is 5.32 Å². The summed E-state index contributed by atoms with van der Waals surface area (Å²) in [5.41, 5.74) is 0.214. The summed E-state index contributed by atoms with van der Waals surface area (Å²) in [5, 5.41) is 19.0. The topological polar surface area (TPSA) is 98.5 Å². The van der Waals surface area contributed by atoms with Gasteiger partial charge in [-0.2, -0.15) is 0 Å². The van der Waals surface area contributed by atoms with Crippen LogP contribution >= 0.6 is 23.1 Å². The van der Waals surface area contributed by atoms with Gasteiger partial charge in [-0.1, -0.05) is 30.0 Å². The van der Waals surface area contributed by atoms with Crippen molar-refractivity contribution in [2.24, 2.45) is 0 Å². The SMILES string of the molecule is CCSc1nnc(NC(=O)c2ccc(-n3ccnc3C)nn2)s1. The lowest BCUT2D eigenvalue weighted by molar-refractivity contribution is 0.102. The van der Waals surface area contributed by atoms with E-state index in [1.165, 1.54) is 11.3 Å². The number of carbonyl (C=O) groups excluding carboxylic acids is 1. The maximum Gasteiger partial charge on any atom is 0.278 e. The zero-order valence-corrected chi connectivity index (χ0v) is 14.1. The van der Waals surface area contributed by atoms with Crippen LogP contribution in [0.25, 0.3) is 5.82 Å². The van der Waals surface area contributed by atoms with Crippen LogP contribution in [0.3, 0.4) is 0 Å². The van der Waals surface area contributed by atoms with Crippen molar-refractivity contribution in [2.45, 2.75) is 18.2 Å². The quantitative estimate of drug-likeness (QED) is 0.558. The highest BCUT2D eigenvalue weighted by molar-refractivity contribution is 8.01. The summed E-state index contributed by atoms with van der Waals surface area (Å²) in [6, 6.07) is 3.33. The minimum Gasteiger partial charge on any atom is -0.295 e. The van der Waals surface area contributed by atoms with Gasteiger partial charge in [-0.25, -0.2) is 4.98 Å². The minimum atomic E-state index is -0.365. The molecule has 23 heavy (non-hydrogen) atoms. The van der Waals surface area contributed by atoms with Crippen LogP contribution in [0.5, 0.6) is 0 Å². The number of amides is 1. The molecule has 3 aromatic rings. The van der Waals surface area contributed by atoms with E-state index in [-0.39, 0.29) is 11.6 Å². The molecule has 0 radical (unpaired) electrons. The molecule has 1 N–H and O–H groups in total. The van der Waals surface area contributed by atoms with E-state index in [0.717, 1.165) is 15.9 Å². The summed E-state index contributed by atoms with van der Waals surface area (Å²) in [5.74, 6) is 1.94. The summed E-state index contributed by atoms with van der Waals surface area (Å²) in [6.07, 6.45) is 3.46. The molecule has 3 rings (SSSR count). The molecule has 1 amide bonds. The summed E-state index contributed by atoms with van der Waals surface area (Å²) in [4.78, 5) is 16.3. The Balaban J connectivity index is 1.71. The maximum absolute atomic E-state index is 12.1. The number of hydrogen-bond donors (Lipinski definition) is 1. The van der Waals surface area contributed by atoms with Crippen LogP contribution in [-0.2, 0) is 0 Å². The molecule has 0 saturated carbocycles. The minimum absolute atomic E-state index is 0.214. The third kappa shape index (κ3) is 3.54. The van der Waals surface area contributed by atoms with Crippen molar-refractivity contribution >= 4 is 34.1 Å². The molecule has 0 unspecified atom stereocenters. The largest absolute Gasteiger partial charge is 0.295 e. The Hall–Kier alpha value is -2.33. The molecule has 0 aliphatic carbocycles. The zero-order chi connectivity index (χ0) is 16.2. The van der Waals surface area contributed by atoms with E-state index in [0.29, 0.717) is 10.9 Å². The first-order chi connectivity index (χ1) is 11.2. The Bertz CT molecular complexity index is 812. The average Bonchev–Trinajstić information content (AvgIpc) is 3.17. The molecule has 3 aromatic heterocycles. The van der Waals surface area contributed by atoms with Gasteiger partial charge in [0.15, 0.2) is 15.9 Å². The summed E-state index contributed by atoms with van der Waals surface area (Å²) in [7, 11) is 0. The number of rotatable bonds is 5. The summed E-state index contributed by atoms with van der Waals surface area (Å²) < 4.78 is 2.60. The van der Waals surface area contributed by atoms with Crippen molar-refractivity contribution in [3.63, 3.8) is 0 Å². The van der Waals surface area contributed by atoms with Crippen LogP contribution in [0.15, 0.2) is 28.9 Å². The third-order valence-electron chi connectivity index (χ3n) is 2.85. The van der Waals surface area contributed by atoms with Gasteiger partial charge in [-0.15, -0.1) is 20.4 Å². The third-order valence-corrected chi connectivity index (χ3v) is 4.70. The zero-order valence-electron chi connectivity index (χ0n) is 12.4. The van der Waals surface area contributed by atoms with Gasteiger partial charge in [0.25, 0.3) is 5.91 Å².